The Morgan fingerprint density at radius 2 is 1.94 bits per heavy atom. The maximum atomic E-state index is 10.4. The Kier molecular flexibility index (Phi) is 6.82. The summed E-state index contributed by atoms with van der Waals surface area (Å²) in [6.45, 7) is 0.703. The lowest BCUT2D eigenvalue weighted by atomic mass is 10.0. The molecular weight excluding hydrogens is 220 g/mol. The predicted octanol–water partition coefficient (Wildman–Crippen LogP) is -2.15. The topological polar surface area (TPSA) is 113 Å². The van der Waals surface area contributed by atoms with Crippen LogP contribution in [0.2, 0.25) is 0 Å². The summed E-state index contributed by atoms with van der Waals surface area (Å²) in [4.78, 5) is 20.7. The van der Waals surface area contributed by atoms with Crippen molar-refractivity contribution in [2.75, 3.05) is 13.7 Å². The van der Waals surface area contributed by atoms with Gasteiger partial charge in [0, 0.05) is 14.0 Å². The van der Waals surface area contributed by atoms with E-state index in [1.165, 1.54) is 7.11 Å². The molecule has 4 atom stereocenters. The van der Waals surface area contributed by atoms with Crippen LogP contribution in [0.3, 0.4) is 0 Å². The van der Waals surface area contributed by atoms with Gasteiger partial charge < -0.3 is 29.6 Å². The number of aliphatic hydroxyl groups excluding tert-OH is 3. The summed E-state index contributed by atoms with van der Waals surface area (Å²) >= 11 is 0. The fourth-order valence-corrected chi connectivity index (χ4v) is 1.08. The van der Waals surface area contributed by atoms with Crippen LogP contribution in [0.4, 0.5) is 0 Å². The van der Waals surface area contributed by atoms with Crippen LogP contribution in [-0.4, -0.2) is 65.7 Å². The van der Waals surface area contributed by atoms with E-state index in [9.17, 15) is 19.8 Å². The average molecular weight is 236 g/mol. The summed E-state index contributed by atoms with van der Waals surface area (Å²) in [6.07, 6.45) is -5.64. The predicted molar refractivity (Wildman–Crippen MR) is 51.5 cm³/mol. The van der Waals surface area contributed by atoms with Gasteiger partial charge in [-0.15, -0.1) is 0 Å². The lowest BCUT2D eigenvalue weighted by Gasteiger charge is -2.26. The molecule has 0 aliphatic heterocycles. The summed E-state index contributed by atoms with van der Waals surface area (Å²) < 4.78 is 9.12. The molecule has 0 bridgehead atoms. The number of carbonyl (C=O) groups is 2. The van der Waals surface area contributed by atoms with Crippen molar-refractivity contribution in [3.8, 4) is 0 Å². The third-order valence-corrected chi connectivity index (χ3v) is 1.94. The molecule has 0 saturated carbocycles. The van der Waals surface area contributed by atoms with Crippen molar-refractivity contribution in [2.45, 2.75) is 31.3 Å². The standard InChI is InChI=1S/C9H16O7/c1-5(11)16-4-7(13)8(14)9(15-2)6(12)3-10/h3,6-9,12-14H,4H2,1-2H3/t6-,7+,8+,9+/m0/s1. The second-order valence-electron chi connectivity index (χ2n) is 3.19. The van der Waals surface area contributed by atoms with Gasteiger partial charge >= 0.3 is 5.97 Å². The van der Waals surface area contributed by atoms with Crippen molar-refractivity contribution in [1.29, 1.82) is 0 Å². The van der Waals surface area contributed by atoms with E-state index in [1.54, 1.807) is 0 Å². The van der Waals surface area contributed by atoms with Crippen LogP contribution in [-0.2, 0) is 19.1 Å². The molecule has 0 aliphatic carbocycles. The van der Waals surface area contributed by atoms with Crippen LogP contribution in [0.15, 0.2) is 0 Å². The second kappa shape index (κ2) is 7.29. The molecule has 94 valence electrons. The van der Waals surface area contributed by atoms with Gasteiger partial charge in [-0.1, -0.05) is 0 Å². The molecule has 0 rings (SSSR count). The van der Waals surface area contributed by atoms with Crippen molar-refractivity contribution in [3.05, 3.63) is 0 Å². The first kappa shape index (κ1) is 15.0. The SMILES string of the molecule is CO[C@@H]([C@H](O)[C@H](O)COC(C)=O)[C@@H](O)C=O. The number of rotatable bonds is 7. The van der Waals surface area contributed by atoms with Crippen molar-refractivity contribution >= 4 is 12.3 Å². The van der Waals surface area contributed by atoms with Crippen LogP contribution in [0.5, 0.6) is 0 Å². The molecule has 7 nitrogen and oxygen atoms in total. The van der Waals surface area contributed by atoms with Gasteiger partial charge in [-0.05, 0) is 0 Å². The number of hydrogen-bond acceptors (Lipinski definition) is 7. The fraction of sp³-hybridized carbons (Fsp3) is 0.778. The van der Waals surface area contributed by atoms with E-state index in [0.717, 1.165) is 6.92 Å². The highest BCUT2D eigenvalue weighted by molar-refractivity contribution is 5.65. The molecule has 0 spiro atoms. The molecule has 0 unspecified atom stereocenters. The highest BCUT2D eigenvalue weighted by Gasteiger charge is 2.32. The van der Waals surface area contributed by atoms with E-state index in [4.69, 9.17) is 5.11 Å². The van der Waals surface area contributed by atoms with Crippen LogP contribution >= 0.6 is 0 Å². The first-order valence-electron chi connectivity index (χ1n) is 4.59. The van der Waals surface area contributed by atoms with Crippen LogP contribution in [0.1, 0.15) is 6.92 Å². The highest BCUT2D eigenvalue weighted by Crippen LogP contribution is 2.08. The van der Waals surface area contributed by atoms with Gasteiger partial charge in [0.2, 0.25) is 0 Å². The molecule has 0 heterocycles. The summed E-state index contributed by atoms with van der Waals surface area (Å²) in [7, 11) is 1.17. The molecule has 0 fully saturated rings. The Labute approximate surface area is 92.6 Å². The molecule has 7 heteroatoms. The third-order valence-electron chi connectivity index (χ3n) is 1.94. The second-order valence-corrected chi connectivity index (χ2v) is 3.19. The van der Waals surface area contributed by atoms with Gasteiger partial charge in [-0.2, -0.15) is 0 Å². The lowest BCUT2D eigenvalue weighted by Crippen LogP contribution is -2.47. The number of aliphatic hydroxyl groups is 3. The normalized spacial score (nSPS) is 18.3. The number of carbonyl (C=O) groups excluding carboxylic acids is 2. The van der Waals surface area contributed by atoms with Crippen LogP contribution in [0, 0.1) is 0 Å². The average Bonchev–Trinajstić information content (AvgIpc) is 2.26. The van der Waals surface area contributed by atoms with E-state index < -0.39 is 37.0 Å². The van der Waals surface area contributed by atoms with Crippen molar-refractivity contribution in [3.63, 3.8) is 0 Å². The molecule has 0 aromatic heterocycles. The summed E-state index contributed by atoms with van der Waals surface area (Å²) in [5.74, 6) is -0.615. The number of esters is 1. The minimum atomic E-state index is -1.56. The van der Waals surface area contributed by atoms with Crippen molar-refractivity contribution in [1.82, 2.24) is 0 Å². The van der Waals surface area contributed by atoms with Gasteiger partial charge in [0.05, 0.1) is 0 Å². The zero-order valence-corrected chi connectivity index (χ0v) is 9.07. The van der Waals surface area contributed by atoms with Gasteiger partial charge in [0.15, 0.2) is 6.29 Å². The molecule has 0 saturated heterocycles. The van der Waals surface area contributed by atoms with E-state index in [2.05, 4.69) is 9.47 Å². The number of aldehydes is 1. The number of ether oxygens (including phenoxy) is 2. The van der Waals surface area contributed by atoms with Gasteiger partial charge in [-0.3, -0.25) is 4.79 Å². The van der Waals surface area contributed by atoms with E-state index in [0.29, 0.717) is 0 Å². The summed E-state index contributed by atoms with van der Waals surface area (Å²) in [5.41, 5.74) is 0. The first-order valence-corrected chi connectivity index (χ1v) is 4.59. The van der Waals surface area contributed by atoms with Crippen LogP contribution < -0.4 is 0 Å². The largest absolute Gasteiger partial charge is 0.463 e. The summed E-state index contributed by atoms with van der Waals surface area (Å²) in [5, 5.41) is 28.0. The number of methoxy groups -OCH3 is 1. The highest BCUT2D eigenvalue weighted by atomic mass is 16.5. The third kappa shape index (κ3) is 4.67. The maximum absolute atomic E-state index is 10.4. The minimum Gasteiger partial charge on any atom is -0.463 e. The van der Waals surface area contributed by atoms with Gasteiger partial charge in [-0.25, -0.2) is 0 Å². The smallest absolute Gasteiger partial charge is 0.302 e. The molecule has 0 aromatic rings. The molecule has 0 aliphatic rings. The summed E-state index contributed by atoms with van der Waals surface area (Å²) in [6, 6.07) is 0. The Morgan fingerprint density at radius 3 is 2.31 bits per heavy atom. The van der Waals surface area contributed by atoms with Gasteiger partial charge in [0.1, 0.15) is 31.0 Å². The van der Waals surface area contributed by atoms with Crippen molar-refractivity contribution in [2.24, 2.45) is 0 Å². The van der Waals surface area contributed by atoms with E-state index in [1.807, 2.05) is 0 Å². The first-order chi connectivity index (χ1) is 7.43. The lowest BCUT2D eigenvalue weighted by molar-refractivity contribution is -0.157. The zero-order valence-electron chi connectivity index (χ0n) is 9.07. The zero-order chi connectivity index (χ0) is 12.7. The molecule has 3 N–H and O–H groups in total. The van der Waals surface area contributed by atoms with Gasteiger partial charge in [0.25, 0.3) is 0 Å². The number of hydrogen-bond donors (Lipinski definition) is 3. The van der Waals surface area contributed by atoms with E-state index >= 15 is 0 Å². The molecule has 16 heavy (non-hydrogen) atoms. The Morgan fingerprint density at radius 1 is 1.38 bits per heavy atom. The molecular formula is C9H16O7. The van der Waals surface area contributed by atoms with Crippen molar-refractivity contribution < 1.29 is 34.4 Å². The minimum absolute atomic E-state index is 0.177. The Hall–Kier alpha value is -1.02. The monoisotopic (exact) mass is 236 g/mol. The Bertz CT molecular complexity index is 230. The molecule has 0 aromatic carbocycles. The maximum Gasteiger partial charge on any atom is 0.302 e. The fourth-order valence-electron chi connectivity index (χ4n) is 1.08. The Balaban J connectivity index is 4.31. The quantitative estimate of drug-likeness (QED) is 0.341. The van der Waals surface area contributed by atoms with E-state index in [-0.39, 0.29) is 6.29 Å². The molecule has 0 radical (unpaired) electrons. The molecule has 0 amide bonds. The van der Waals surface area contributed by atoms with Crippen LogP contribution in [0.25, 0.3) is 0 Å².